The average Bonchev–Trinajstić information content (AvgIpc) is 3.40. The molecule has 0 saturated carbocycles. The second-order valence-electron chi connectivity index (χ2n) is 8.65. The third kappa shape index (κ3) is 5.33. The highest BCUT2D eigenvalue weighted by Gasteiger charge is 2.43. The molecular formula is C27H31N3O3. The number of ether oxygens (including phenoxy) is 1. The van der Waals surface area contributed by atoms with E-state index >= 15 is 0 Å². The fourth-order valence-electron chi connectivity index (χ4n) is 4.66. The van der Waals surface area contributed by atoms with Gasteiger partial charge in [-0.2, -0.15) is 0 Å². The quantitative estimate of drug-likeness (QED) is 0.501. The lowest BCUT2D eigenvalue weighted by molar-refractivity contribution is -0.159. The Labute approximate surface area is 195 Å². The van der Waals surface area contributed by atoms with Crippen LogP contribution >= 0.6 is 0 Å². The lowest BCUT2D eigenvalue weighted by Gasteiger charge is -2.40. The van der Waals surface area contributed by atoms with Crippen LogP contribution in [0.15, 0.2) is 67.0 Å². The van der Waals surface area contributed by atoms with Crippen molar-refractivity contribution in [2.75, 3.05) is 19.7 Å². The van der Waals surface area contributed by atoms with Gasteiger partial charge in [-0.1, -0.05) is 42.5 Å². The van der Waals surface area contributed by atoms with Gasteiger partial charge in [-0.3, -0.25) is 9.59 Å². The van der Waals surface area contributed by atoms with Crippen molar-refractivity contribution in [3.8, 4) is 11.4 Å². The van der Waals surface area contributed by atoms with E-state index in [2.05, 4.69) is 22.1 Å². The second-order valence-corrected chi connectivity index (χ2v) is 8.65. The van der Waals surface area contributed by atoms with Gasteiger partial charge in [0.25, 0.3) is 5.91 Å². The number of carbonyl (C=O) groups is 2. The fourth-order valence-corrected chi connectivity index (χ4v) is 4.66. The molecule has 0 unspecified atom stereocenters. The minimum absolute atomic E-state index is 0.00912. The van der Waals surface area contributed by atoms with Gasteiger partial charge in [-0.25, -0.2) is 4.98 Å². The fraction of sp³-hybridized carbons (Fsp3) is 0.370. The molecular weight excluding hydrogens is 414 g/mol. The summed E-state index contributed by atoms with van der Waals surface area (Å²) in [5.41, 5.74) is 2.28. The average molecular weight is 446 g/mol. The number of rotatable bonds is 8. The van der Waals surface area contributed by atoms with Crippen molar-refractivity contribution in [3.05, 3.63) is 78.1 Å². The molecule has 6 nitrogen and oxygen atoms in total. The summed E-state index contributed by atoms with van der Waals surface area (Å²) in [4.78, 5) is 35.4. The molecule has 2 aromatic carbocycles. The van der Waals surface area contributed by atoms with Gasteiger partial charge in [0.1, 0.15) is 5.82 Å². The summed E-state index contributed by atoms with van der Waals surface area (Å²) in [7, 11) is 0. The third-order valence-corrected chi connectivity index (χ3v) is 6.56. The zero-order valence-electron chi connectivity index (χ0n) is 19.1. The van der Waals surface area contributed by atoms with Crippen molar-refractivity contribution in [2.24, 2.45) is 5.41 Å². The van der Waals surface area contributed by atoms with Gasteiger partial charge >= 0.3 is 5.97 Å². The molecule has 0 bridgehead atoms. The molecule has 33 heavy (non-hydrogen) atoms. The number of aromatic amines is 1. The lowest BCUT2D eigenvalue weighted by Crippen LogP contribution is -2.47. The number of carbonyl (C=O) groups excluding carboxylic acids is 2. The van der Waals surface area contributed by atoms with Crippen LogP contribution in [0.5, 0.6) is 0 Å². The minimum atomic E-state index is -0.516. The van der Waals surface area contributed by atoms with Crippen LogP contribution in [0, 0.1) is 5.41 Å². The number of likely N-dealkylation sites (tertiary alicyclic amines) is 1. The van der Waals surface area contributed by atoms with E-state index in [9.17, 15) is 9.59 Å². The van der Waals surface area contributed by atoms with Gasteiger partial charge in [-0.15, -0.1) is 0 Å². The number of hydrogen-bond acceptors (Lipinski definition) is 4. The molecule has 6 heteroatoms. The molecule has 1 saturated heterocycles. The maximum absolute atomic E-state index is 13.2. The van der Waals surface area contributed by atoms with Crippen LogP contribution in [0.1, 0.15) is 48.5 Å². The van der Waals surface area contributed by atoms with Crippen LogP contribution in [0.4, 0.5) is 0 Å². The molecule has 0 atom stereocenters. The Kier molecular flexibility index (Phi) is 7.23. The Morgan fingerprint density at radius 3 is 2.58 bits per heavy atom. The number of benzene rings is 2. The summed E-state index contributed by atoms with van der Waals surface area (Å²) in [6.07, 6.45) is 7.35. The van der Waals surface area contributed by atoms with Crippen molar-refractivity contribution < 1.29 is 14.3 Å². The molecule has 1 aromatic heterocycles. The van der Waals surface area contributed by atoms with Crippen molar-refractivity contribution in [3.63, 3.8) is 0 Å². The second kappa shape index (κ2) is 10.5. The topological polar surface area (TPSA) is 75.3 Å². The van der Waals surface area contributed by atoms with Gasteiger partial charge in [0.05, 0.1) is 12.0 Å². The monoisotopic (exact) mass is 445 g/mol. The van der Waals surface area contributed by atoms with Crippen LogP contribution in [0.2, 0.25) is 0 Å². The Bertz CT molecular complexity index is 1060. The summed E-state index contributed by atoms with van der Waals surface area (Å²) in [5.74, 6) is 0.609. The third-order valence-electron chi connectivity index (χ3n) is 6.56. The van der Waals surface area contributed by atoms with Gasteiger partial charge in [0.2, 0.25) is 0 Å². The van der Waals surface area contributed by atoms with Crippen molar-refractivity contribution in [1.29, 1.82) is 0 Å². The van der Waals surface area contributed by atoms with Crippen LogP contribution in [0.3, 0.4) is 0 Å². The molecule has 4 rings (SSSR count). The highest BCUT2D eigenvalue weighted by molar-refractivity contribution is 5.95. The standard InChI is InChI=1S/C27H31N3O3/c1-2-33-26(32)27(13-7-10-21-8-4-3-5-9-21)14-18-30(19-15-27)25(31)23-12-6-11-22(20-23)24-28-16-17-29-24/h3-6,8-9,11-12,16-17,20H,2,7,10,13-15,18-19H2,1H3,(H,28,29). The van der Waals surface area contributed by atoms with Crippen LogP contribution in [-0.2, 0) is 16.0 Å². The molecule has 1 aliphatic rings. The number of aryl methyl sites for hydroxylation is 1. The number of aromatic nitrogens is 2. The SMILES string of the molecule is CCOC(=O)C1(CCCc2ccccc2)CCN(C(=O)c2cccc(-c3ncc[nH]3)c2)CC1. The normalized spacial score (nSPS) is 15.2. The van der Waals surface area contributed by atoms with E-state index in [-0.39, 0.29) is 11.9 Å². The van der Waals surface area contributed by atoms with E-state index in [4.69, 9.17) is 4.74 Å². The molecule has 2 heterocycles. The largest absolute Gasteiger partial charge is 0.466 e. The zero-order valence-corrected chi connectivity index (χ0v) is 19.1. The molecule has 3 aromatic rings. The Morgan fingerprint density at radius 1 is 1.09 bits per heavy atom. The van der Waals surface area contributed by atoms with Gasteiger partial charge < -0.3 is 14.6 Å². The predicted octanol–water partition coefficient (Wildman–Crippen LogP) is 4.89. The first-order chi connectivity index (χ1) is 16.1. The number of esters is 1. The molecule has 1 fully saturated rings. The minimum Gasteiger partial charge on any atom is -0.466 e. The number of imidazole rings is 1. The van der Waals surface area contributed by atoms with E-state index in [1.807, 2.05) is 54.3 Å². The van der Waals surface area contributed by atoms with Crippen molar-refractivity contribution in [1.82, 2.24) is 14.9 Å². The molecule has 1 amide bonds. The molecule has 0 aliphatic carbocycles. The zero-order chi connectivity index (χ0) is 23.1. The highest BCUT2D eigenvalue weighted by Crippen LogP contribution is 2.38. The van der Waals surface area contributed by atoms with Gasteiger partial charge in [0, 0.05) is 36.6 Å². The molecule has 1 N–H and O–H groups in total. The van der Waals surface area contributed by atoms with Gasteiger partial charge in [0.15, 0.2) is 0 Å². The lowest BCUT2D eigenvalue weighted by atomic mass is 9.74. The molecule has 0 spiro atoms. The first-order valence-electron chi connectivity index (χ1n) is 11.7. The Balaban J connectivity index is 1.41. The highest BCUT2D eigenvalue weighted by atomic mass is 16.5. The van der Waals surface area contributed by atoms with E-state index in [1.54, 1.807) is 12.4 Å². The van der Waals surface area contributed by atoms with Crippen molar-refractivity contribution in [2.45, 2.75) is 39.0 Å². The first-order valence-corrected chi connectivity index (χ1v) is 11.7. The number of nitrogens with zero attached hydrogens (tertiary/aromatic N) is 2. The maximum atomic E-state index is 13.2. The number of amides is 1. The summed E-state index contributed by atoms with van der Waals surface area (Å²) in [6.45, 7) is 3.32. The maximum Gasteiger partial charge on any atom is 0.312 e. The molecule has 1 aliphatic heterocycles. The van der Waals surface area contributed by atoms with E-state index < -0.39 is 5.41 Å². The molecule has 0 radical (unpaired) electrons. The predicted molar refractivity (Wildman–Crippen MR) is 128 cm³/mol. The van der Waals surface area contributed by atoms with E-state index in [0.29, 0.717) is 38.1 Å². The smallest absolute Gasteiger partial charge is 0.312 e. The van der Waals surface area contributed by atoms with Crippen LogP contribution < -0.4 is 0 Å². The first kappa shape index (κ1) is 22.8. The van der Waals surface area contributed by atoms with Crippen LogP contribution in [0.25, 0.3) is 11.4 Å². The Hall–Kier alpha value is -3.41. The number of hydrogen-bond donors (Lipinski definition) is 1. The number of piperidine rings is 1. The van der Waals surface area contributed by atoms with Crippen LogP contribution in [-0.4, -0.2) is 46.4 Å². The number of nitrogens with one attached hydrogen (secondary N) is 1. The van der Waals surface area contributed by atoms with Gasteiger partial charge in [-0.05, 0) is 56.7 Å². The summed E-state index contributed by atoms with van der Waals surface area (Å²) in [5, 5.41) is 0. The van der Waals surface area contributed by atoms with E-state index in [1.165, 1.54) is 5.56 Å². The summed E-state index contributed by atoms with van der Waals surface area (Å²) in [6, 6.07) is 17.9. The van der Waals surface area contributed by atoms with Crippen molar-refractivity contribution >= 4 is 11.9 Å². The van der Waals surface area contributed by atoms with E-state index in [0.717, 1.165) is 30.7 Å². The summed E-state index contributed by atoms with van der Waals surface area (Å²) >= 11 is 0. The summed E-state index contributed by atoms with van der Waals surface area (Å²) < 4.78 is 5.47. The molecule has 172 valence electrons. The number of H-pyrrole nitrogens is 1. The Morgan fingerprint density at radius 2 is 1.88 bits per heavy atom.